The molecule has 5 heterocycles. The Balaban J connectivity index is 1.54. The molecular weight excluding hydrogens is 921 g/mol. The van der Waals surface area contributed by atoms with Crippen LogP contribution < -0.4 is 45.9 Å². The number of nitrogens with zero attached hydrogens (tertiary/aromatic N) is 2. The Morgan fingerprint density at radius 1 is 0.278 bits per heavy atom. The summed E-state index contributed by atoms with van der Waals surface area (Å²) in [6.07, 6.45) is 6.57. The van der Waals surface area contributed by atoms with Crippen LogP contribution in [0.1, 0.15) is 106 Å². The van der Waals surface area contributed by atoms with Crippen LogP contribution in [-0.4, -0.2) is 67.2 Å². The quantitative estimate of drug-likeness (QED) is 0.0835. The van der Waals surface area contributed by atoms with Crippen LogP contribution in [0.2, 0.25) is 0 Å². The third-order valence-corrected chi connectivity index (χ3v) is 11.9. The molecule has 0 unspecified atom stereocenters. The van der Waals surface area contributed by atoms with Crippen LogP contribution in [0.3, 0.4) is 0 Å². The van der Waals surface area contributed by atoms with Crippen molar-refractivity contribution < 1.29 is 38.4 Å². The minimum Gasteiger partial charge on any atom is -0.366 e. The van der Waals surface area contributed by atoms with Gasteiger partial charge in [0.2, 0.25) is 47.3 Å². The number of nitrogens with two attached hydrogens (primary N) is 8. The van der Waals surface area contributed by atoms with Crippen molar-refractivity contribution in [1.82, 2.24) is 19.9 Å². The predicted molar refractivity (Wildman–Crippen MR) is 269 cm³/mol. The van der Waals surface area contributed by atoms with Crippen molar-refractivity contribution in [2.45, 2.75) is 0 Å². The number of H-pyrrole nitrogens is 2. The van der Waals surface area contributed by atoms with Gasteiger partial charge in [-0.1, -0.05) is 0 Å². The number of aromatic nitrogens is 4. The zero-order valence-corrected chi connectivity index (χ0v) is 37.3. The van der Waals surface area contributed by atoms with Crippen molar-refractivity contribution >= 4 is 93.6 Å². The Hall–Kier alpha value is -10.8. The van der Waals surface area contributed by atoms with Crippen molar-refractivity contribution in [3.05, 3.63) is 164 Å². The number of benzene rings is 4. The first-order valence-corrected chi connectivity index (χ1v) is 21.4. The maximum absolute atomic E-state index is 12.8. The number of fused-ring (bicyclic) bond motifs is 8. The maximum atomic E-state index is 12.8. The van der Waals surface area contributed by atoms with Gasteiger partial charge in [-0.3, -0.25) is 38.4 Å². The van der Waals surface area contributed by atoms with Gasteiger partial charge in [-0.25, -0.2) is 9.97 Å². The SMILES string of the molecule is NC(=O)c1cc(C(N)=O)cc(-c2c3nc(c(-c4cc(C(N)=O)cc(C(N)=O)c4)c4ccc([nH]4)c(-c4cc(C(N)=O)cc(C(N)=O)c4)c4nc(c(-c5cc(C(N)=O)cc(C(N)=O)c5)c5ccc2[nH]5)C=C4)C=C3)c1. The van der Waals surface area contributed by atoms with Crippen LogP contribution in [0.5, 0.6) is 0 Å². The highest BCUT2D eigenvalue weighted by atomic mass is 16.2. The lowest BCUT2D eigenvalue weighted by molar-refractivity contribution is 0.0985. The molecule has 18 N–H and O–H groups in total. The first-order valence-electron chi connectivity index (χ1n) is 21.4. The smallest absolute Gasteiger partial charge is 0.248 e. The molecular formula is C52H38N12O8. The van der Waals surface area contributed by atoms with Crippen molar-refractivity contribution in [1.29, 1.82) is 0 Å². The number of carbonyl (C=O) groups is 8. The van der Waals surface area contributed by atoms with Crippen molar-refractivity contribution in [3.63, 3.8) is 0 Å². The summed E-state index contributed by atoms with van der Waals surface area (Å²) in [5.74, 6) is -6.96. The van der Waals surface area contributed by atoms with Gasteiger partial charge in [0.25, 0.3) is 0 Å². The van der Waals surface area contributed by atoms with Crippen LogP contribution in [0.25, 0.3) is 90.9 Å². The molecule has 3 aromatic heterocycles. The van der Waals surface area contributed by atoms with E-state index in [9.17, 15) is 38.4 Å². The van der Waals surface area contributed by atoms with Gasteiger partial charge in [0.05, 0.1) is 22.8 Å². The highest BCUT2D eigenvalue weighted by molar-refractivity contribution is 6.08. The highest BCUT2D eigenvalue weighted by Crippen LogP contribution is 2.40. The summed E-state index contributed by atoms with van der Waals surface area (Å²) < 4.78 is 0. The van der Waals surface area contributed by atoms with Gasteiger partial charge >= 0.3 is 0 Å². The lowest BCUT2D eigenvalue weighted by atomic mass is 9.97. The lowest BCUT2D eigenvalue weighted by Gasteiger charge is -2.10. The van der Waals surface area contributed by atoms with Crippen LogP contribution in [0, 0.1) is 0 Å². The lowest BCUT2D eigenvalue weighted by Crippen LogP contribution is -2.15. The Morgan fingerprint density at radius 3 is 0.597 bits per heavy atom. The minimum absolute atomic E-state index is 0.0627. The number of rotatable bonds is 12. The fraction of sp³-hybridized carbons (Fsp3) is 0. The van der Waals surface area contributed by atoms with Crippen molar-refractivity contribution in [3.8, 4) is 44.5 Å². The second kappa shape index (κ2) is 17.7. The predicted octanol–water partition coefficient (Wildman–Crippen LogP) is 4.11. The molecule has 2 aliphatic heterocycles. The molecule has 72 heavy (non-hydrogen) atoms. The molecule has 0 fully saturated rings. The number of hydrogen-bond donors (Lipinski definition) is 10. The molecule has 8 bridgehead atoms. The van der Waals surface area contributed by atoms with Crippen LogP contribution in [0.15, 0.2) is 97.1 Å². The van der Waals surface area contributed by atoms with E-state index in [4.69, 9.17) is 55.8 Å². The van der Waals surface area contributed by atoms with E-state index in [1.807, 2.05) is 0 Å². The van der Waals surface area contributed by atoms with E-state index in [0.29, 0.717) is 44.3 Å². The first-order chi connectivity index (χ1) is 34.2. The summed E-state index contributed by atoms with van der Waals surface area (Å²) in [6.45, 7) is 0. The molecule has 0 radical (unpaired) electrons. The molecule has 0 aliphatic carbocycles. The molecule has 0 saturated carbocycles. The van der Waals surface area contributed by atoms with E-state index in [0.717, 1.165) is 0 Å². The molecule has 7 aromatic rings. The summed E-state index contributed by atoms with van der Waals surface area (Å²) in [7, 11) is 0. The van der Waals surface area contributed by atoms with Crippen LogP contribution in [-0.2, 0) is 0 Å². The van der Waals surface area contributed by atoms with E-state index >= 15 is 0 Å². The molecule has 9 rings (SSSR count). The van der Waals surface area contributed by atoms with Gasteiger partial charge in [-0.2, -0.15) is 0 Å². The van der Waals surface area contributed by atoms with Gasteiger partial charge in [-0.05, 0) is 144 Å². The Bertz CT molecular complexity index is 3300. The molecule has 2 aliphatic rings. The zero-order chi connectivity index (χ0) is 51.4. The molecule has 8 amide bonds. The summed E-state index contributed by atoms with van der Waals surface area (Å²) in [4.78, 5) is 119. The summed E-state index contributed by atoms with van der Waals surface area (Å²) in [5.41, 5.74) is 50.2. The van der Waals surface area contributed by atoms with E-state index in [2.05, 4.69) is 9.97 Å². The second-order valence-corrected chi connectivity index (χ2v) is 16.6. The Labute approximate surface area is 405 Å². The molecule has 20 heteroatoms. The minimum atomic E-state index is -0.870. The van der Waals surface area contributed by atoms with Gasteiger partial charge in [0, 0.05) is 88.8 Å². The fourth-order valence-corrected chi connectivity index (χ4v) is 8.65. The summed E-state index contributed by atoms with van der Waals surface area (Å²) >= 11 is 0. The Morgan fingerprint density at radius 2 is 0.444 bits per heavy atom. The average Bonchev–Trinajstić information content (AvgIpc) is 4.19. The van der Waals surface area contributed by atoms with Gasteiger partial charge in [0.1, 0.15) is 0 Å². The van der Waals surface area contributed by atoms with Gasteiger partial charge < -0.3 is 55.8 Å². The number of nitrogens with one attached hydrogen (secondary N) is 2. The van der Waals surface area contributed by atoms with E-state index in [1.165, 1.54) is 72.8 Å². The van der Waals surface area contributed by atoms with E-state index in [-0.39, 0.29) is 89.5 Å². The topological polar surface area (TPSA) is 402 Å². The number of carbonyl (C=O) groups excluding carboxylic acids is 8. The molecule has 4 aromatic carbocycles. The standard InChI is InChI=1S/C52H38N12O8/c53-45(65)25-9-21(10-26(17-25)46(54)66)41-33-1-2-34(61-33)42(22-11-27(47(55)67)18-28(12-22)48(56)68)36-5-6-38(63-36)44(24-15-31(51(59)71)20-32(16-24)52(60)72)40-8-7-39(64-40)43(37-4-3-35(41)62-37)23-13-29(49(57)69)19-30(14-23)50(58)70/h1-20,61,64H,(H2,53,65)(H2,54,66)(H2,55,67)(H2,56,68)(H2,57,69)(H2,58,70)(H2,59,71)(H2,60,72). The average molecular weight is 959 g/mol. The third-order valence-electron chi connectivity index (χ3n) is 11.9. The normalized spacial score (nSPS) is 11.6. The number of amides is 8. The number of primary amides is 8. The zero-order valence-electron chi connectivity index (χ0n) is 37.3. The largest absolute Gasteiger partial charge is 0.366 e. The first kappa shape index (κ1) is 46.4. The van der Waals surface area contributed by atoms with Crippen molar-refractivity contribution in [2.24, 2.45) is 45.9 Å². The van der Waals surface area contributed by atoms with E-state index < -0.39 is 47.3 Å². The summed E-state index contributed by atoms with van der Waals surface area (Å²) in [6, 6.07) is 23.3. The van der Waals surface area contributed by atoms with Gasteiger partial charge in [0.15, 0.2) is 0 Å². The third kappa shape index (κ3) is 8.56. The molecule has 0 saturated heterocycles. The molecule has 0 atom stereocenters. The molecule has 354 valence electrons. The number of hydrogen-bond acceptors (Lipinski definition) is 10. The fourth-order valence-electron chi connectivity index (χ4n) is 8.65. The van der Waals surface area contributed by atoms with Crippen LogP contribution in [0.4, 0.5) is 0 Å². The Kier molecular flexibility index (Phi) is 11.4. The van der Waals surface area contributed by atoms with E-state index in [1.54, 1.807) is 48.6 Å². The number of aromatic amines is 2. The maximum Gasteiger partial charge on any atom is 0.248 e. The van der Waals surface area contributed by atoms with Crippen molar-refractivity contribution in [2.75, 3.05) is 0 Å². The van der Waals surface area contributed by atoms with Gasteiger partial charge in [-0.15, -0.1) is 0 Å². The molecule has 0 spiro atoms. The monoisotopic (exact) mass is 958 g/mol. The highest BCUT2D eigenvalue weighted by Gasteiger charge is 2.23. The summed E-state index contributed by atoms with van der Waals surface area (Å²) in [5, 5.41) is 0. The second-order valence-electron chi connectivity index (χ2n) is 16.6. The van der Waals surface area contributed by atoms with Crippen LogP contribution >= 0.6 is 0 Å². The molecule has 20 nitrogen and oxygen atoms in total.